The molecule has 2 bridgehead atoms. The van der Waals surface area contributed by atoms with Crippen LogP contribution in [0.3, 0.4) is 0 Å². The highest BCUT2D eigenvalue weighted by Gasteiger charge is 2.21. The zero-order valence-electron chi connectivity index (χ0n) is 5.77. The molecule has 0 amide bonds. The van der Waals surface area contributed by atoms with Gasteiger partial charge in [-0.25, -0.2) is 0 Å². The second-order valence-electron chi connectivity index (χ2n) is 3.36. The zero-order valence-corrected chi connectivity index (χ0v) is 5.77. The number of hydrogen-bond acceptors (Lipinski definition) is 0. The Hall–Kier alpha value is -0.260. The fourth-order valence-corrected chi connectivity index (χ4v) is 1.96. The summed E-state index contributed by atoms with van der Waals surface area (Å²) in [6, 6.07) is 0. The Morgan fingerprint density at radius 3 is 2.67 bits per heavy atom. The van der Waals surface area contributed by atoms with Gasteiger partial charge in [0.2, 0.25) is 0 Å². The number of hydrogen-bond donors (Lipinski definition) is 0. The smallest absolute Gasteiger partial charge is 0.0227 e. The van der Waals surface area contributed by atoms with Gasteiger partial charge in [0.05, 0.1) is 0 Å². The van der Waals surface area contributed by atoms with Gasteiger partial charge in [0.25, 0.3) is 0 Å². The first kappa shape index (κ1) is 5.52. The summed E-state index contributed by atoms with van der Waals surface area (Å²) in [7, 11) is 0. The van der Waals surface area contributed by atoms with Gasteiger partial charge in [-0.15, -0.1) is 0 Å². The lowest BCUT2D eigenvalue weighted by Crippen LogP contribution is -2.08. The van der Waals surface area contributed by atoms with Crippen LogP contribution in [0.5, 0.6) is 0 Å². The molecule has 0 spiro atoms. The zero-order chi connectivity index (χ0) is 6.10. The molecule has 0 heteroatoms. The molecule has 3 aliphatic carbocycles. The van der Waals surface area contributed by atoms with E-state index in [2.05, 4.69) is 12.2 Å². The molecule has 3 rings (SSSR count). The molecule has 0 aromatic rings. The van der Waals surface area contributed by atoms with Gasteiger partial charge >= 0.3 is 0 Å². The van der Waals surface area contributed by atoms with Crippen LogP contribution in [0.1, 0.15) is 32.1 Å². The Morgan fingerprint density at radius 2 is 1.89 bits per heavy atom. The molecular formula is C9H13. The van der Waals surface area contributed by atoms with Crippen molar-refractivity contribution in [3.63, 3.8) is 0 Å². The van der Waals surface area contributed by atoms with Gasteiger partial charge < -0.3 is 0 Å². The van der Waals surface area contributed by atoms with Crippen LogP contribution in [-0.4, -0.2) is 0 Å². The van der Waals surface area contributed by atoms with Gasteiger partial charge in [0, 0.05) is 0 Å². The van der Waals surface area contributed by atoms with Crippen LogP contribution in [0, 0.1) is 17.9 Å². The van der Waals surface area contributed by atoms with Crippen LogP contribution in [-0.2, 0) is 0 Å². The van der Waals surface area contributed by atoms with Crippen molar-refractivity contribution >= 4 is 0 Å². The van der Waals surface area contributed by atoms with Crippen LogP contribution < -0.4 is 0 Å². The van der Waals surface area contributed by atoms with Crippen LogP contribution >= 0.6 is 0 Å². The van der Waals surface area contributed by atoms with Crippen molar-refractivity contribution in [2.45, 2.75) is 32.1 Å². The summed E-state index contributed by atoms with van der Waals surface area (Å²) < 4.78 is 0. The molecular weight excluding hydrogens is 108 g/mol. The molecule has 0 unspecified atom stereocenters. The first-order valence-corrected chi connectivity index (χ1v) is 4.02. The average molecular weight is 121 g/mol. The van der Waals surface area contributed by atoms with Crippen molar-refractivity contribution in [3.8, 4) is 0 Å². The molecule has 0 heterocycles. The van der Waals surface area contributed by atoms with Crippen molar-refractivity contribution < 1.29 is 0 Å². The molecule has 1 radical (unpaired) electrons. The van der Waals surface area contributed by atoms with E-state index in [1.54, 1.807) is 0 Å². The molecule has 0 aromatic carbocycles. The van der Waals surface area contributed by atoms with Crippen LogP contribution in [0.25, 0.3) is 0 Å². The summed E-state index contributed by atoms with van der Waals surface area (Å²) in [5, 5.41) is 0. The maximum absolute atomic E-state index is 3.38. The number of rotatable bonds is 0. The lowest BCUT2D eigenvalue weighted by Gasteiger charge is -2.21. The van der Waals surface area contributed by atoms with Crippen molar-refractivity contribution in [2.75, 3.05) is 0 Å². The minimum Gasteiger partial charge on any atom is -0.0779 e. The SMILES string of the molecule is [C]1=CC2CCC(C1)CC2. The Bertz CT molecular complexity index is 116. The maximum Gasteiger partial charge on any atom is -0.0227 e. The first-order chi connectivity index (χ1) is 4.45. The normalized spacial score (nSPS) is 40.9. The summed E-state index contributed by atoms with van der Waals surface area (Å²) in [4.78, 5) is 0. The summed E-state index contributed by atoms with van der Waals surface area (Å²) in [6.45, 7) is 0. The topological polar surface area (TPSA) is 0 Å². The predicted molar refractivity (Wildman–Crippen MR) is 37.9 cm³/mol. The van der Waals surface area contributed by atoms with E-state index < -0.39 is 0 Å². The highest BCUT2D eigenvalue weighted by atomic mass is 14.3. The molecule has 0 nitrogen and oxygen atoms in total. The summed E-state index contributed by atoms with van der Waals surface area (Å²) >= 11 is 0. The molecule has 9 heavy (non-hydrogen) atoms. The monoisotopic (exact) mass is 121 g/mol. The van der Waals surface area contributed by atoms with Crippen molar-refractivity contribution in [1.29, 1.82) is 0 Å². The van der Waals surface area contributed by atoms with E-state index >= 15 is 0 Å². The van der Waals surface area contributed by atoms with E-state index in [0.29, 0.717) is 0 Å². The van der Waals surface area contributed by atoms with E-state index in [-0.39, 0.29) is 0 Å². The molecule has 1 saturated carbocycles. The summed E-state index contributed by atoms with van der Waals surface area (Å²) in [5.41, 5.74) is 0. The third-order valence-corrected chi connectivity index (χ3v) is 2.65. The second-order valence-corrected chi connectivity index (χ2v) is 3.36. The maximum atomic E-state index is 3.38. The Kier molecular flexibility index (Phi) is 1.33. The van der Waals surface area contributed by atoms with E-state index in [1.807, 2.05) is 0 Å². The van der Waals surface area contributed by atoms with Crippen molar-refractivity contribution in [1.82, 2.24) is 0 Å². The van der Waals surface area contributed by atoms with Crippen molar-refractivity contribution in [3.05, 3.63) is 12.2 Å². The quantitative estimate of drug-likeness (QED) is 0.462. The third kappa shape index (κ3) is 1.03. The number of fused-ring (bicyclic) bond motifs is 3. The van der Waals surface area contributed by atoms with Gasteiger partial charge in [-0.3, -0.25) is 0 Å². The first-order valence-electron chi connectivity index (χ1n) is 4.02. The molecule has 49 valence electrons. The van der Waals surface area contributed by atoms with E-state index in [9.17, 15) is 0 Å². The molecule has 0 aromatic heterocycles. The molecule has 1 fully saturated rings. The largest absolute Gasteiger partial charge is 0.0779 e. The molecule has 0 atom stereocenters. The molecule has 0 N–H and O–H groups in total. The summed E-state index contributed by atoms with van der Waals surface area (Å²) in [5.74, 6) is 1.91. The van der Waals surface area contributed by atoms with E-state index in [4.69, 9.17) is 0 Å². The van der Waals surface area contributed by atoms with Gasteiger partial charge in [-0.1, -0.05) is 6.08 Å². The molecule has 3 aliphatic rings. The fourth-order valence-electron chi connectivity index (χ4n) is 1.96. The highest BCUT2D eigenvalue weighted by molar-refractivity contribution is 4.92. The Morgan fingerprint density at radius 1 is 1.11 bits per heavy atom. The Balaban J connectivity index is 2.13. The van der Waals surface area contributed by atoms with Crippen LogP contribution in [0.15, 0.2) is 6.08 Å². The number of allylic oxidation sites excluding steroid dienone is 2. The Labute approximate surface area is 57.0 Å². The summed E-state index contributed by atoms with van der Waals surface area (Å²) in [6.07, 6.45) is 12.8. The minimum atomic E-state index is 0.906. The van der Waals surface area contributed by atoms with Crippen LogP contribution in [0.4, 0.5) is 0 Å². The minimum absolute atomic E-state index is 0.906. The third-order valence-electron chi connectivity index (χ3n) is 2.65. The van der Waals surface area contributed by atoms with Gasteiger partial charge in [-0.05, 0) is 50.0 Å². The highest BCUT2D eigenvalue weighted by Crippen LogP contribution is 2.34. The van der Waals surface area contributed by atoms with Crippen LogP contribution in [0.2, 0.25) is 0 Å². The fraction of sp³-hybridized carbons (Fsp3) is 0.778. The molecule has 0 aliphatic heterocycles. The van der Waals surface area contributed by atoms with E-state index in [1.165, 1.54) is 32.1 Å². The molecule has 0 saturated heterocycles. The second kappa shape index (κ2) is 2.17. The van der Waals surface area contributed by atoms with Crippen molar-refractivity contribution in [2.24, 2.45) is 11.8 Å². The van der Waals surface area contributed by atoms with E-state index in [0.717, 1.165) is 11.8 Å². The van der Waals surface area contributed by atoms with Gasteiger partial charge in [0.1, 0.15) is 0 Å². The van der Waals surface area contributed by atoms with Gasteiger partial charge in [0.15, 0.2) is 0 Å². The average Bonchev–Trinajstić information content (AvgIpc) is 2.21. The lowest BCUT2D eigenvalue weighted by molar-refractivity contribution is 0.326. The predicted octanol–water partition coefficient (Wildman–Crippen LogP) is 2.56. The lowest BCUT2D eigenvalue weighted by atomic mass is 9.84. The standard InChI is InChI=1S/C9H13/c1-2-8-4-6-9(3-1)7-5-8/h2,8-9H,3-7H2. The van der Waals surface area contributed by atoms with Gasteiger partial charge in [-0.2, -0.15) is 0 Å².